The van der Waals surface area contributed by atoms with Crippen LogP contribution in [0.2, 0.25) is 0 Å². The minimum Gasteiger partial charge on any atom is -0.283 e. The third kappa shape index (κ3) is 1.97. The van der Waals surface area contributed by atoms with E-state index in [9.17, 15) is 8.42 Å². The van der Waals surface area contributed by atoms with E-state index in [2.05, 4.69) is 17.7 Å². The normalized spacial score (nSPS) is 14.6. The second kappa shape index (κ2) is 3.63. The van der Waals surface area contributed by atoms with Crippen molar-refractivity contribution in [3.63, 3.8) is 0 Å². The largest absolute Gasteiger partial charge is 0.283 e. The molecule has 0 fully saturated rings. The lowest BCUT2D eigenvalue weighted by Gasteiger charge is -2.12. The van der Waals surface area contributed by atoms with Gasteiger partial charge in [-0.15, -0.1) is 0 Å². The molecule has 1 aliphatic carbocycles. The molecule has 0 saturated heterocycles. The average molecular weight is 237 g/mol. The zero-order valence-electron chi connectivity index (χ0n) is 9.66. The number of sulfonamides is 1. The molecule has 4 heteroatoms. The first-order valence-corrected chi connectivity index (χ1v) is 7.05. The first kappa shape index (κ1) is 11.2. The second-order valence-electron chi connectivity index (χ2n) is 4.25. The SMILES string of the molecule is CC1=CCc2c(NS(C)(=O)=O)ccc(C)c21. The zero-order chi connectivity index (χ0) is 11.9. The van der Waals surface area contributed by atoms with Crippen molar-refractivity contribution < 1.29 is 8.42 Å². The number of aryl methyl sites for hydroxylation is 1. The van der Waals surface area contributed by atoms with Crippen LogP contribution in [0, 0.1) is 6.92 Å². The quantitative estimate of drug-likeness (QED) is 0.858. The Labute approximate surface area is 96.2 Å². The summed E-state index contributed by atoms with van der Waals surface area (Å²) in [7, 11) is -3.20. The monoisotopic (exact) mass is 237 g/mol. The highest BCUT2D eigenvalue weighted by Gasteiger charge is 2.18. The summed E-state index contributed by atoms with van der Waals surface area (Å²) in [6.45, 7) is 4.11. The predicted octanol–water partition coefficient (Wildman–Crippen LogP) is 2.33. The summed E-state index contributed by atoms with van der Waals surface area (Å²) in [4.78, 5) is 0. The van der Waals surface area contributed by atoms with Crippen LogP contribution in [-0.4, -0.2) is 14.7 Å². The van der Waals surface area contributed by atoms with Crippen molar-refractivity contribution in [2.75, 3.05) is 11.0 Å². The third-order valence-electron chi connectivity index (χ3n) is 2.82. The van der Waals surface area contributed by atoms with E-state index in [4.69, 9.17) is 0 Å². The third-order valence-corrected chi connectivity index (χ3v) is 3.41. The van der Waals surface area contributed by atoms with Gasteiger partial charge in [-0.25, -0.2) is 8.42 Å². The van der Waals surface area contributed by atoms with Gasteiger partial charge in [0.1, 0.15) is 0 Å². The molecule has 0 aromatic heterocycles. The van der Waals surface area contributed by atoms with E-state index in [0.29, 0.717) is 5.69 Å². The topological polar surface area (TPSA) is 46.2 Å². The van der Waals surface area contributed by atoms with Gasteiger partial charge in [-0.05, 0) is 48.6 Å². The van der Waals surface area contributed by atoms with E-state index in [-0.39, 0.29) is 0 Å². The first-order valence-electron chi connectivity index (χ1n) is 5.16. The molecule has 0 amide bonds. The number of fused-ring (bicyclic) bond motifs is 1. The fraction of sp³-hybridized carbons (Fsp3) is 0.333. The van der Waals surface area contributed by atoms with E-state index in [1.165, 1.54) is 23.0 Å². The lowest BCUT2D eigenvalue weighted by atomic mass is 9.99. The Morgan fingerprint density at radius 1 is 1.25 bits per heavy atom. The van der Waals surface area contributed by atoms with Crippen molar-refractivity contribution in [2.24, 2.45) is 0 Å². The molecule has 0 unspecified atom stereocenters. The Morgan fingerprint density at radius 2 is 1.94 bits per heavy atom. The molecule has 0 saturated carbocycles. The van der Waals surface area contributed by atoms with E-state index in [1.807, 2.05) is 19.1 Å². The molecule has 1 aliphatic rings. The van der Waals surface area contributed by atoms with Gasteiger partial charge in [0.25, 0.3) is 0 Å². The molecule has 1 aromatic rings. The molecule has 16 heavy (non-hydrogen) atoms. The van der Waals surface area contributed by atoms with Crippen LogP contribution in [0.3, 0.4) is 0 Å². The van der Waals surface area contributed by atoms with Crippen molar-refractivity contribution in [2.45, 2.75) is 20.3 Å². The maximum absolute atomic E-state index is 11.2. The Hall–Kier alpha value is -1.29. The van der Waals surface area contributed by atoms with Crippen molar-refractivity contribution in [3.05, 3.63) is 34.9 Å². The molecule has 0 atom stereocenters. The van der Waals surface area contributed by atoms with Crippen LogP contribution in [-0.2, 0) is 16.4 Å². The van der Waals surface area contributed by atoms with Gasteiger partial charge in [0.05, 0.1) is 11.9 Å². The summed E-state index contributed by atoms with van der Waals surface area (Å²) in [5, 5.41) is 0. The van der Waals surface area contributed by atoms with Crippen LogP contribution >= 0.6 is 0 Å². The van der Waals surface area contributed by atoms with Crippen molar-refractivity contribution in [3.8, 4) is 0 Å². The van der Waals surface area contributed by atoms with Crippen molar-refractivity contribution in [1.82, 2.24) is 0 Å². The van der Waals surface area contributed by atoms with Gasteiger partial charge in [0.2, 0.25) is 10.0 Å². The summed E-state index contributed by atoms with van der Waals surface area (Å²) in [5.41, 5.74) is 5.40. The highest BCUT2D eigenvalue weighted by Crippen LogP contribution is 2.35. The number of nitrogens with one attached hydrogen (secondary N) is 1. The van der Waals surface area contributed by atoms with E-state index < -0.39 is 10.0 Å². The molecule has 3 nitrogen and oxygen atoms in total. The first-order chi connectivity index (χ1) is 7.38. The minimum absolute atomic E-state index is 0.705. The maximum Gasteiger partial charge on any atom is 0.229 e. The van der Waals surface area contributed by atoms with Gasteiger partial charge >= 0.3 is 0 Å². The summed E-state index contributed by atoms with van der Waals surface area (Å²) < 4.78 is 25.0. The molecule has 86 valence electrons. The van der Waals surface area contributed by atoms with E-state index in [1.54, 1.807) is 0 Å². The molecule has 0 aliphatic heterocycles. The summed E-state index contributed by atoms with van der Waals surface area (Å²) >= 11 is 0. The number of hydrogen-bond donors (Lipinski definition) is 1. The van der Waals surface area contributed by atoms with Crippen LogP contribution in [0.25, 0.3) is 5.57 Å². The highest BCUT2D eigenvalue weighted by molar-refractivity contribution is 7.92. The Kier molecular flexibility index (Phi) is 2.54. The van der Waals surface area contributed by atoms with Crippen LogP contribution in [0.4, 0.5) is 5.69 Å². The summed E-state index contributed by atoms with van der Waals surface area (Å²) in [6.07, 6.45) is 4.11. The fourth-order valence-corrected chi connectivity index (χ4v) is 2.77. The van der Waals surface area contributed by atoms with Gasteiger partial charge in [-0.2, -0.15) is 0 Å². The van der Waals surface area contributed by atoms with Crippen LogP contribution in [0.15, 0.2) is 18.2 Å². The minimum atomic E-state index is -3.20. The Bertz CT molecular complexity index is 571. The van der Waals surface area contributed by atoms with Gasteiger partial charge in [-0.3, -0.25) is 4.72 Å². The fourth-order valence-electron chi connectivity index (χ4n) is 2.18. The number of hydrogen-bond acceptors (Lipinski definition) is 2. The molecule has 0 spiro atoms. The summed E-state index contributed by atoms with van der Waals surface area (Å²) in [6, 6.07) is 3.79. The molecule has 1 N–H and O–H groups in total. The lowest BCUT2D eigenvalue weighted by Crippen LogP contribution is -2.11. The summed E-state index contributed by atoms with van der Waals surface area (Å²) in [5.74, 6) is 0. The zero-order valence-corrected chi connectivity index (χ0v) is 10.5. The van der Waals surface area contributed by atoms with Crippen molar-refractivity contribution in [1.29, 1.82) is 0 Å². The van der Waals surface area contributed by atoms with Gasteiger partial charge < -0.3 is 0 Å². The number of anilines is 1. The molecule has 0 radical (unpaired) electrons. The van der Waals surface area contributed by atoms with Crippen LogP contribution in [0.1, 0.15) is 23.6 Å². The van der Waals surface area contributed by atoms with Crippen LogP contribution < -0.4 is 4.72 Å². The standard InChI is InChI=1S/C12H15NO2S/c1-8-4-6-10-11(13-16(3,14)15)7-5-9(2)12(8)10/h4-5,7,13H,6H2,1-3H3. The maximum atomic E-state index is 11.2. The number of benzene rings is 1. The van der Waals surface area contributed by atoms with Gasteiger partial charge in [0, 0.05) is 0 Å². The van der Waals surface area contributed by atoms with Gasteiger partial charge in [0.15, 0.2) is 0 Å². The lowest BCUT2D eigenvalue weighted by molar-refractivity contribution is 0.606. The second-order valence-corrected chi connectivity index (χ2v) is 6.00. The molecule has 1 aromatic carbocycles. The number of rotatable bonds is 2. The Morgan fingerprint density at radius 3 is 2.56 bits per heavy atom. The number of allylic oxidation sites excluding steroid dienone is 2. The van der Waals surface area contributed by atoms with E-state index >= 15 is 0 Å². The molecular weight excluding hydrogens is 222 g/mol. The molecule has 0 bridgehead atoms. The molecule has 0 heterocycles. The Balaban J connectivity index is 2.53. The molecular formula is C12H15NO2S. The van der Waals surface area contributed by atoms with E-state index in [0.717, 1.165) is 12.0 Å². The average Bonchev–Trinajstić information content (AvgIpc) is 2.52. The van der Waals surface area contributed by atoms with Crippen LogP contribution in [0.5, 0.6) is 0 Å². The smallest absolute Gasteiger partial charge is 0.229 e. The van der Waals surface area contributed by atoms with Gasteiger partial charge in [-0.1, -0.05) is 12.1 Å². The predicted molar refractivity (Wildman–Crippen MR) is 67.0 cm³/mol. The highest BCUT2D eigenvalue weighted by atomic mass is 32.2. The molecule has 2 rings (SSSR count). The van der Waals surface area contributed by atoms with Crippen molar-refractivity contribution >= 4 is 21.3 Å².